The predicted octanol–water partition coefficient (Wildman–Crippen LogP) is 4.96. The molecule has 3 aromatic rings. The Balaban J connectivity index is 1.75. The van der Waals surface area contributed by atoms with Crippen molar-refractivity contribution in [1.29, 1.82) is 0 Å². The number of carbonyl (C=O) groups excluding carboxylic acids is 1. The number of benzene rings is 3. The zero-order chi connectivity index (χ0) is 19.8. The van der Waals surface area contributed by atoms with Gasteiger partial charge in [-0.15, -0.1) is 0 Å². The summed E-state index contributed by atoms with van der Waals surface area (Å²) in [5.74, 6) is -0.559. The van der Waals surface area contributed by atoms with Gasteiger partial charge in [0.25, 0.3) is 0 Å². The third-order valence-electron chi connectivity index (χ3n) is 4.68. The van der Waals surface area contributed by atoms with Crippen molar-refractivity contribution in [1.82, 2.24) is 10.6 Å². The van der Waals surface area contributed by atoms with Crippen LogP contribution in [0.5, 0.6) is 0 Å². The molecule has 0 aliphatic carbocycles. The molecule has 1 amide bonds. The van der Waals surface area contributed by atoms with E-state index >= 15 is 0 Å². The summed E-state index contributed by atoms with van der Waals surface area (Å²) in [5.41, 5.74) is 3.01. The Morgan fingerprint density at radius 3 is 1.64 bits per heavy atom. The van der Waals surface area contributed by atoms with E-state index in [1.54, 1.807) is 0 Å². The highest BCUT2D eigenvalue weighted by Gasteiger charge is 2.23. The van der Waals surface area contributed by atoms with E-state index in [9.17, 15) is 4.79 Å². The lowest BCUT2D eigenvalue weighted by Crippen LogP contribution is -2.43. The van der Waals surface area contributed by atoms with Crippen LogP contribution in [0.4, 0.5) is 0 Å². The number of thiocarbonyl (C=S) groups is 1. The molecule has 0 saturated carbocycles. The second-order valence-corrected chi connectivity index (χ2v) is 7.00. The third-order valence-corrected chi connectivity index (χ3v) is 4.90. The van der Waals surface area contributed by atoms with E-state index in [1.165, 1.54) is 0 Å². The lowest BCUT2D eigenvalue weighted by molar-refractivity contribution is -0.120. The Morgan fingerprint density at radius 2 is 1.21 bits per heavy atom. The molecular weight excluding hydrogens is 364 g/mol. The van der Waals surface area contributed by atoms with E-state index in [4.69, 9.17) is 12.2 Å². The van der Waals surface area contributed by atoms with Gasteiger partial charge in [0.1, 0.15) is 0 Å². The normalized spacial score (nSPS) is 11.6. The molecule has 0 aliphatic heterocycles. The highest BCUT2D eigenvalue weighted by atomic mass is 32.1. The van der Waals surface area contributed by atoms with Crippen LogP contribution in [0.2, 0.25) is 0 Å². The first-order valence-electron chi connectivity index (χ1n) is 9.45. The number of hydrogen-bond acceptors (Lipinski definition) is 2. The number of carbonyl (C=O) groups is 1. The van der Waals surface area contributed by atoms with E-state index in [-0.39, 0.29) is 11.9 Å². The standard InChI is InChI=1S/C24H24N2OS/c1-2-21(18-12-6-3-7-13-18)25-24(28)26-23(27)22(19-14-8-4-9-15-19)20-16-10-5-11-17-20/h3-17,21-22H,2H2,1H3,(H2,25,26,27,28). The molecule has 0 radical (unpaired) electrons. The largest absolute Gasteiger partial charge is 0.356 e. The third kappa shape index (κ3) is 5.05. The second kappa shape index (κ2) is 9.81. The van der Waals surface area contributed by atoms with Crippen LogP contribution in [0, 0.1) is 0 Å². The van der Waals surface area contributed by atoms with Crippen LogP contribution in [-0.2, 0) is 4.79 Å². The van der Waals surface area contributed by atoms with Crippen molar-refractivity contribution in [3.05, 3.63) is 108 Å². The Kier molecular flexibility index (Phi) is 6.93. The monoisotopic (exact) mass is 388 g/mol. The molecule has 142 valence electrons. The van der Waals surface area contributed by atoms with Gasteiger partial charge in [0, 0.05) is 0 Å². The maximum absolute atomic E-state index is 13.1. The zero-order valence-corrected chi connectivity index (χ0v) is 16.7. The summed E-state index contributed by atoms with van der Waals surface area (Å²) in [6, 6.07) is 29.7. The first kappa shape index (κ1) is 19.8. The maximum atomic E-state index is 13.1. The fraction of sp³-hybridized carbons (Fsp3) is 0.167. The van der Waals surface area contributed by atoms with Gasteiger partial charge >= 0.3 is 0 Å². The van der Waals surface area contributed by atoms with Crippen molar-refractivity contribution in [2.75, 3.05) is 0 Å². The highest BCUT2D eigenvalue weighted by Crippen LogP contribution is 2.25. The van der Waals surface area contributed by atoms with Gasteiger partial charge in [-0.05, 0) is 35.3 Å². The van der Waals surface area contributed by atoms with Crippen LogP contribution in [0.3, 0.4) is 0 Å². The SMILES string of the molecule is CCC(NC(=S)NC(=O)C(c1ccccc1)c1ccccc1)c1ccccc1. The quantitative estimate of drug-likeness (QED) is 0.587. The first-order valence-corrected chi connectivity index (χ1v) is 9.86. The summed E-state index contributed by atoms with van der Waals surface area (Å²) in [6.45, 7) is 2.09. The van der Waals surface area contributed by atoms with Crippen molar-refractivity contribution in [2.45, 2.75) is 25.3 Å². The van der Waals surface area contributed by atoms with Gasteiger partial charge in [-0.1, -0.05) is 97.9 Å². The maximum Gasteiger partial charge on any atom is 0.238 e. The molecule has 3 rings (SSSR count). The molecule has 3 aromatic carbocycles. The highest BCUT2D eigenvalue weighted by molar-refractivity contribution is 7.80. The molecule has 0 fully saturated rings. The van der Waals surface area contributed by atoms with Gasteiger partial charge in [0.05, 0.1) is 12.0 Å². The Hall–Kier alpha value is -2.98. The van der Waals surface area contributed by atoms with Crippen molar-refractivity contribution in [3.8, 4) is 0 Å². The molecule has 0 spiro atoms. The summed E-state index contributed by atoms with van der Waals surface area (Å²) in [6.07, 6.45) is 0.862. The van der Waals surface area contributed by atoms with Gasteiger partial charge in [0.15, 0.2) is 5.11 Å². The van der Waals surface area contributed by atoms with Gasteiger partial charge < -0.3 is 10.6 Å². The van der Waals surface area contributed by atoms with Crippen LogP contribution in [0.1, 0.15) is 42.0 Å². The predicted molar refractivity (Wildman–Crippen MR) is 118 cm³/mol. The summed E-state index contributed by atoms with van der Waals surface area (Å²) in [5, 5.41) is 6.51. The minimum Gasteiger partial charge on any atom is -0.356 e. The van der Waals surface area contributed by atoms with Crippen LogP contribution in [0.25, 0.3) is 0 Å². The first-order chi connectivity index (χ1) is 13.7. The van der Waals surface area contributed by atoms with Crippen LogP contribution in [0.15, 0.2) is 91.0 Å². The number of hydrogen-bond donors (Lipinski definition) is 2. The molecule has 0 aromatic heterocycles. The van der Waals surface area contributed by atoms with Crippen molar-refractivity contribution in [3.63, 3.8) is 0 Å². The van der Waals surface area contributed by atoms with Gasteiger partial charge in [-0.25, -0.2) is 0 Å². The fourth-order valence-electron chi connectivity index (χ4n) is 3.27. The van der Waals surface area contributed by atoms with Gasteiger partial charge in [-0.3, -0.25) is 4.79 Å². The fourth-order valence-corrected chi connectivity index (χ4v) is 3.51. The molecule has 1 atom stereocenters. The summed E-state index contributed by atoms with van der Waals surface area (Å²) in [7, 11) is 0. The molecule has 28 heavy (non-hydrogen) atoms. The summed E-state index contributed by atoms with van der Waals surface area (Å²) in [4.78, 5) is 13.1. The molecule has 0 heterocycles. The number of amides is 1. The van der Waals surface area contributed by atoms with E-state index < -0.39 is 5.92 Å². The molecular formula is C24H24N2OS. The second-order valence-electron chi connectivity index (χ2n) is 6.59. The lowest BCUT2D eigenvalue weighted by Gasteiger charge is -2.22. The Morgan fingerprint density at radius 1 is 0.786 bits per heavy atom. The van der Waals surface area contributed by atoms with Crippen LogP contribution >= 0.6 is 12.2 Å². The molecule has 1 unspecified atom stereocenters. The van der Waals surface area contributed by atoms with Crippen LogP contribution < -0.4 is 10.6 Å². The van der Waals surface area contributed by atoms with Crippen molar-refractivity contribution < 1.29 is 4.79 Å². The molecule has 3 nitrogen and oxygen atoms in total. The average molecular weight is 389 g/mol. The van der Waals surface area contributed by atoms with Crippen molar-refractivity contribution >= 4 is 23.2 Å². The molecule has 2 N–H and O–H groups in total. The number of nitrogens with one attached hydrogen (secondary N) is 2. The topological polar surface area (TPSA) is 41.1 Å². The van der Waals surface area contributed by atoms with Crippen LogP contribution in [-0.4, -0.2) is 11.0 Å². The average Bonchev–Trinajstić information content (AvgIpc) is 2.74. The van der Waals surface area contributed by atoms with E-state index in [1.807, 2.05) is 78.9 Å². The smallest absolute Gasteiger partial charge is 0.238 e. The minimum atomic E-state index is -0.418. The molecule has 0 saturated heterocycles. The minimum absolute atomic E-state index is 0.0564. The molecule has 0 aliphatic rings. The lowest BCUT2D eigenvalue weighted by atomic mass is 9.90. The van der Waals surface area contributed by atoms with E-state index in [2.05, 4.69) is 29.7 Å². The van der Waals surface area contributed by atoms with E-state index in [0.29, 0.717) is 5.11 Å². The number of rotatable bonds is 6. The Bertz CT molecular complexity index is 858. The van der Waals surface area contributed by atoms with E-state index in [0.717, 1.165) is 23.1 Å². The van der Waals surface area contributed by atoms with Crippen molar-refractivity contribution in [2.24, 2.45) is 0 Å². The zero-order valence-electron chi connectivity index (χ0n) is 15.8. The Labute approximate surface area is 171 Å². The molecule has 0 bridgehead atoms. The van der Waals surface area contributed by atoms with Gasteiger partial charge in [0.2, 0.25) is 5.91 Å². The summed E-state index contributed by atoms with van der Waals surface area (Å²) < 4.78 is 0. The molecule has 4 heteroatoms. The van der Waals surface area contributed by atoms with Gasteiger partial charge in [-0.2, -0.15) is 0 Å². The summed E-state index contributed by atoms with van der Waals surface area (Å²) >= 11 is 5.45.